The molecule has 0 heterocycles. The average Bonchev–Trinajstić information content (AvgIpc) is 2.53. The summed E-state index contributed by atoms with van der Waals surface area (Å²) in [5.41, 5.74) is 0. The Bertz CT molecular complexity index is 73.9. The van der Waals surface area contributed by atoms with Crippen LogP contribution in [0.4, 0.5) is 0 Å². The summed E-state index contributed by atoms with van der Waals surface area (Å²) in [6.07, 6.45) is 7.93. The molecule has 0 radical (unpaired) electrons. The lowest BCUT2D eigenvalue weighted by molar-refractivity contribution is 0.183. The standard InChI is InChI=1S/C5H10O.C5H12O/c6-5-3-1-2-4-5;1-2-3-4-5-6/h5-6H,1-4H2;6H,2-5H2,1H3. The first kappa shape index (κ1) is 11.9. The van der Waals surface area contributed by atoms with Gasteiger partial charge in [0.25, 0.3) is 0 Å². The molecule has 1 aliphatic carbocycles. The number of aliphatic hydroxyl groups is 2. The van der Waals surface area contributed by atoms with Crippen molar-refractivity contribution in [1.82, 2.24) is 0 Å². The molecule has 1 fully saturated rings. The molecule has 2 N–H and O–H groups in total. The summed E-state index contributed by atoms with van der Waals surface area (Å²) in [7, 11) is 0. The van der Waals surface area contributed by atoms with Gasteiger partial charge >= 0.3 is 0 Å². The van der Waals surface area contributed by atoms with E-state index in [1.54, 1.807) is 0 Å². The highest BCUT2D eigenvalue weighted by atomic mass is 16.3. The molecule has 0 spiro atoms. The van der Waals surface area contributed by atoms with Gasteiger partial charge in [-0.2, -0.15) is 0 Å². The largest absolute Gasteiger partial charge is 0.396 e. The van der Waals surface area contributed by atoms with Crippen molar-refractivity contribution in [2.24, 2.45) is 0 Å². The third-order valence-corrected chi connectivity index (χ3v) is 2.09. The molecule has 0 amide bonds. The van der Waals surface area contributed by atoms with E-state index in [1.165, 1.54) is 19.3 Å². The zero-order chi connectivity index (χ0) is 9.23. The van der Waals surface area contributed by atoms with Crippen LogP contribution in [0.1, 0.15) is 51.9 Å². The zero-order valence-electron chi connectivity index (χ0n) is 8.13. The predicted octanol–water partition coefficient (Wildman–Crippen LogP) is 2.09. The molecule has 74 valence electrons. The number of rotatable bonds is 3. The van der Waals surface area contributed by atoms with Gasteiger partial charge in [0, 0.05) is 6.61 Å². The number of hydrogen-bond donors (Lipinski definition) is 2. The molecule has 0 bridgehead atoms. The first-order chi connectivity index (χ1) is 5.81. The molecular formula is C10H22O2. The summed E-state index contributed by atoms with van der Waals surface area (Å²) in [6, 6.07) is 0. The summed E-state index contributed by atoms with van der Waals surface area (Å²) < 4.78 is 0. The average molecular weight is 174 g/mol. The van der Waals surface area contributed by atoms with Gasteiger partial charge in [0.15, 0.2) is 0 Å². The van der Waals surface area contributed by atoms with Gasteiger partial charge in [-0.1, -0.05) is 32.6 Å². The van der Waals surface area contributed by atoms with Gasteiger partial charge in [0.1, 0.15) is 0 Å². The molecule has 0 aliphatic heterocycles. The van der Waals surface area contributed by atoms with E-state index in [0.717, 1.165) is 25.7 Å². The van der Waals surface area contributed by atoms with Crippen LogP contribution >= 0.6 is 0 Å². The monoisotopic (exact) mass is 174 g/mol. The molecule has 1 rings (SSSR count). The molecule has 0 aromatic carbocycles. The van der Waals surface area contributed by atoms with Crippen LogP contribution in [-0.4, -0.2) is 22.9 Å². The molecule has 0 saturated heterocycles. The molecule has 1 aliphatic rings. The van der Waals surface area contributed by atoms with Crippen molar-refractivity contribution in [1.29, 1.82) is 0 Å². The predicted molar refractivity (Wildman–Crippen MR) is 51.1 cm³/mol. The number of aliphatic hydroxyl groups excluding tert-OH is 2. The van der Waals surface area contributed by atoms with E-state index < -0.39 is 0 Å². The van der Waals surface area contributed by atoms with Crippen LogP contribution in [0, 0.1) is 0 Å². The second-order valence-corrected chi connectivity index (χ2v) is 3.37. The van der Waals surface area contributed by atoms with E-state index >= 15 is 0 Å². The van der Waals surface area contributed by atoms with E-state index in [1.807, 2.05) is 0 Å². The van der Waals surface area contributed by atoms with Crippen molar-refractivity contribution < 1.29 is 10.2 Å². The quantitative estimate of drug-likeness (QED) is 0.643. The van der Waals surface area contributed by atoms with Gasteiger partial charge in [0.2, 0.25) is 0 Å². The third-order valence-electron chi connectivity index (χ3n) is 2.09. The van der Waals surface area contributed by atoms with Gasteiger partial charge in [-0.3, -0.25) is 0 Å². The van der Waals surface area contributed by atoms with E-state index in [4.69, 9.17) is 10.2 Å². The minimum Gasteiger partial charge on any atom is -0.396 e. The number of hydrogen-bond acceptors (Lipinski definition) is 2. The van der Waals surface area contributed by atoms with Crippen molar-refractivity contribution in [3.63, 3.8) is 0 Å². The van der Waals surface area contributed by atoms with E-state index in [0.29, 0.717) is 6.61 Å². The fraction of sp³-hybridized carbons (Fsp3) is 1.00. The van der Waals surface area contributed by atoms with Crippen molar-refractivity contribution in [3.05, 3.63) is 0 Å². The maximum atomic E-state index is 8.73. The third kappa shape index (κ3) is 8.02. The Hall–Kier alpha value is -0.0800. The van der Waals surface area contributed by atoms with Gasteiger partial charge in [-0.25, -0.2) is 0 Å². The Balaban J connectivity index is 0.000000202. The van der Waals surface area contributed by atoms with Crippen LogP contribution in [0.3, 0.4) is 0 Å². The summed E-state index contributed by atoms with van der Waals surface area (Å²) in [5, 5.41) is 16.9. The minimum absolute atomic E-state index is 0.0463. The van der Waals surface area contributed by atoms with Gasteiger partial charge in [-0.05, 0) is 19.3 Å². The van der Waals surface area contributed by atoms with Crippen LogP contribution < -0.4 is 0 Å². The highest BCUT2D eigenvalue weighted by molar-refractivity contribution is 4.63. The molecule has 2 heteroatoms. The van der Waals surface area contributed by atoms with E-state index in [9.17, 15) is 0 Å². The highest BCUT2D eigenvalue weighted by Gasteiger charge is 2.09. The molecule has 0 unspecified atom stereocenters. The zero-order valence-corrected chi connectivity index (χ0v) is 8.13. The molecule has 2 nitrogen and oxygen atoms in total. The molecule has 0 atom stereocenters. The van der Waals surface area contributed by atoms with E-state index in [-0.39, 0.29) is 6.10 Å². The van der Waals surface area contributed by atoms with Crippen molar-refractivity contribution in [2.45, 2.75) is 58.0 Å². The second kappa shape index (κ2) is 9.01. The smallest absolute Gasteiger partial charge is 0.0540 e. The lowest BCUT2D eigenvalue weighted by atomic mass is 10.3. The van der Waals surface area contributed by atoms with Gasteiger partial charge in [0.05, 0.1) is 6.10 Å². The molecular weight excluding hydrogens is 152 g/mol. The molecule has 1 saturated carbocycles. The van der Waals surface area contributed by atoms with Gasteiger partial charge < -0.3 is 10.2 Å². The second-order valence-electron chi connectivity index (χ2n) is 3.37. The SMILES string of the molecule is CCCCCO.OC1CCCC1. The maximum absolute atomic E-state index is 8.73. The summed E-state index contributed by atoms with van der Waals surface area (Å²) in [5.74, 6) is 0. The Morgan fingerprint density at radius 2 is 1.75 bits per heavy atom. The number of unbranched alkanes of at least 4 members (excludes halogenated alkanes) is 2. The lowest BCUT2D eigenvalue weighted by Crippen LogP contribution is -1.94. The van der Waals surface area contributed by atoms with Crippen LogP contribution in [0.5, 0.6) is 0 Å². The highest BCUT2D eigenvalue weighted by Crippen LogP contribution is 2.16. The summed E-state index contributed by atoms with van der Waals surface area (Å²) in [4.78, 5) is 0. The van der Waals surface area contributed by atoms with Crippen LogP contribution in [0.25, 0.3) is 0 Å². The first-order valence-corrected chi connectivity index (χ1v) is 5.10. The Morgan fingerprint density at radius 3 is 1.92 bits per heavy atom. The summed E-state index contributed by atoms with van der Waals surface area (Å²) in [6.45, 7) is 2.48. The topological polar surface area (TPSA) is 40.5 Å². The summed E-state index contributed by atoms with van der Waals surface area (Å²) >= 11 is 0. The minimum atomic E-state index is 0.0463. The molecule has 12 heavy (non-hydrogen) atoms. The Labute approximate surface area is 75.6 Å². The van der Waals surface area contributed by atoms with Crippen LogP contribution in [-0.2, 0) is 0 Å². The first-order valence-electron chi connectivity index (χ1n) is 5.10. The lowest BCUT2D eigenvalue weighted by Gasteiger charge is -1.91. The van der Waals surface area contributed by atoms with Crippen molar-refractivity contribution in [2.75, 3.05) is 6.61 Å². The normalized spacial score (nSPS) is 17.2. The maximum Gasteiger partial charge on any atom is 0.0540 e. The fourth-order valence-corrected chi connectivity index (χ4v) is 1.27. The molecule has 0 aromatic heterocycles. The van der Waals surface area contributed by atoms with Crippen LogP contribution in [0.2, 0.25) is 0 Å². The van der Waals surface area contributed by atoms with Crippen molar-refractivity contribution in [3.8, 4) is 0 Å². The van der Waals surface area contributed by atoms with Gasteiger partial charge in [-0.15, -0.1) is 0 Å². The molecule has 0 aromatic rings. The van der Waals surface area contributed by atoms with Crippen LogP contribution in [0.15, 0.2) is 0 Å². The Morgan fingerprint density at radius 1 is 1.17 bits per heavy atom. The van der Waals surface area contributed by atoms with E-state index in [2.05, 4.69) is 6.92 Å². The van der Waals surface area contributed by atoms with Crippen molar-refractivity contribution >= 4 is 0 Å². The Kier molecular flexibility index (Phi) is 8.95. The fourth-order valence-electron chi connectivity index (χ4n) is 1.27.